The second-order valence-corrected chi connectivity index (χ2v) is 10.0. The summed E-state index contributed by atoms with van der Waals surface area (Å²) in [6, 6.07) is 29.9. The smallest absolute Gasteiger partial charge is 0.385 e. The minimum atomic E-state index is -3.73. The van der Waals surface area contributed by atoms with Crippen molar-refractivity contribution < 1.29 is 18.0 Å². The Hall–Kier alpha value is -3.18. The van der Waals surface area contributed by atoms with E-state index in [9.17, 15) is 4.57 Å². The summed E-state index contributed by atoms with van der Waals surface area (Å²) in [5.74, 6) is 0.411. The predicted molar refractivity (Wildman–Crippen MR) is 139 cm³/mol. The van der Waals surface area contributed by atoms with Crippen LogP contribution in [0.4, 0.5) is 5.88 Å². The monoisotopic (exact) mass is 490 g/mol. The van der Waals surface area contributed by atoms with Crippen LogP contribution in [0, 0.1) is 0 Å². The lowest BCUT2D eigenvalue weighted by molar-refractivity contribution is 0.229. The molecule has 6 nitrogen and oxygen atoms in total. The average Bonchev–Trinajstić information content (AvgIpc) is 3.30. The summed E-state index contributed by atoms with van der Waals surface area (Å²) in [5.41, 5.74) is 3.24. The van der Waals surface area contributed by atoms with Crippen LogP contribution in [0.2, 0.25) is 0 Å². The van der Waals surface area contributed by atoms with E-state index in [4.69, 9.17) is 18.4 Å². The third-order valence-electron chi connectivity index (χ3n) is 5.64. The highest BCUT2D eigenvalue weighted by atomic mass is 31.2. The normalized spacial score (nSPS) is 12.6. The molecule has 7 heteroatoms. The number of anilines is 1. The summed E-state index contributed by atoms with van der Waals surface area (Å²) >= 11 is 0. The first-order valence-electron chi connectivity index (χ1n) is 11.9. The van der Waals surface area contributed by atoms with Gasteiger partial charge in [0, 0.05) is 0 Å². The van der Waals surface area contributed by atoms with Crippen LogP contribution in [0.25, 0.3) is 0 Å². The van der Waals surface area contributed by atoms with Crippen molar-refractivity contribution in [2.75, 3.05) is 18.5 Å². The highest BCUT2D eigenvalue weighted by Gasteiger charge is 2.37. The first-order chi connectivity index (χ1) is 17.1. The Morgan fingerprint density at radius 3 is 1.71 bits per heavy atom. The molecule has 4 aromatic rings. The fraction of sp³-hybridized carbons (Fsp3) is 0.250. The van der Waals surface area contributed by atoms with Crippen LogP contribution in [-0.2, 0) is 13.6 Å². The number of nitrogens with zero attached hydrogens (tertiary/aromatic N) is 1. The van der Waals surface area contributed by atoms with Gasteiger partial charge in [-0.25, -0.2) is 4.98 Å². The van der Waals surface area contributed by atoms with Crippen molar-refractivity contribution >= 4 is 18.9 Å². The molecule has 3 aromatic carbocycles. The van der Waals surface area contributed by atoms with E-state index in [-0.39, 0.29) is 30.6 Å². The zero-order chi connectivity index (χ0) is 24.7. The van der Waals surface area contributed by atoms with Gasteiger partial charge in [-0.15, -0.1) is 0 Å². The Labute approximate surface area is 206 Å². The maximum Gasteiger partial charge on any atom is 0.385 e. The lowest BCUT2D eigenvalue weighted by atomic mass is 9.91. The molecule has 0 saturated heterocycles. The summed E-state index contributed by atoms with van der Waals surface area (Å²) in [6.45, 7) is 6.01. The van der Waals surface area contributed by atoms with Crippen LogP contribution in [0.1, 0.15) is 55.3 Å². The Kier molecular flexibility index (Phi) is 8.19. The Balaban J connectivity index is 1.84. The number of benzene rings is 3. The third-order valence-corrected chi connectivity index (χ3v) is 7.66. The van der Waals surface area contributed by atoms with Crippen LogP contribution in [-0.4, -0.2) is 18.2 Å². The van der Waals surface area contributed by atoms with E-state index < -0.39 is 7.60 Å². The van der Waals surface area contributed by atoms with Crippen molar-refractivity contribution in [2.24, 2.45) is 0 Å². The van der Waals surface area contributed by atoms with E-state index in [0.717, 1.165) is 16.7 Å². The molecule has 0 aliphatic heterocycles. The van der Waals surface area contributed by atoms with Gasteiger partial charge in [-0.05, 0) is 37.5 Å². The van der Waals surface area contributed by atoms with Gasteiger partial charge in [-0.3, -0.25) is 4.57 Å². The van der Waals surface area contributed by atoms with Crippen molar-refractivity contribution in [3.63, 3.8) is 0 Å². The minimum absolute atomic E-state index is 0.126. The largest absolute Gasteiger partial charge is 0.423 e. The summed E-state index contributed by atoms with van der Waals surface area (Å²) in [4.78, 5) is 4.78. The van der Waals surface area contributed by atoms with Crippen molar-refractivity contribution in [2.45, 2.75) is 32.7 Å². The number of hydrogen-bond donors (Lipinski definition) is 1. The molecule has 182 valence electrons. The molecule has 0 fully saturated rings. The zero-order valence-electron chi connectivity index (χ0n) is 20.3. The van der Waals surface area contributed by atoms with E-state index in [1.807, 2.05) is 97.9 Å². The van der Waals surface area contributed by atoms with Gasteiger partial charge in [-0.2, -0.15) is 0 Å². The fourth-order valence-electron chi connectivity index (χ4n) is 4.02. The maximum absolute atomic E-state index is 13.9. The van der Waals surface area contributed by atoms with Crippen LogP contribution >= 0.6 is 7.60 Å². The molecule has 1 aromatic heterocycles. The van der Waals surface area contributed by atoms with Gasteiger partial charge < -0.3 is 18.8 Å². The van der Waals surface area contributed by atoms with E-state index in [2.05, 4.69) is 5.32 Å². The van der Waals surface area contributed by atoms with Crippen molar-refractivity contribution in [1.82, 2.24) is 4.98 Å². The standard InChI is InChI=1S/C28H31N2O4P/c1-4-32-35(31,33-5-2)28-27(29-21(3)22-15-9-6-10-16-22)34-26(30-28)25(23-17-11-7-12-18-23)24-19-13-8-14-20-24/h6-21,25,29H,4-5H2,1-3H3. The second kappa shape index (κ2) is 11.5. The highest BCUT2D eigenvalue weighted by Crippen LogP contribution is 2.49. The molecule has 0 spiro atoms. The van der Waals surface area contributed by atoms with Gasteiger partial charge in [0.1, 0.15) is 0 Å². The topological polar surface area (TPSA) is 73.6 Å². The van der Waals surface area contributed by atoms with Gasteiger partial charge >= 0.3 is 7.60 Å². The number of oxazole rings is 1. The summed E-state index contributed by atoms with van der Waals surface area (Å²) < 4.78 is 31.5. The molecule has 1 unspecified atom stereocenters. The molecular weight excluding hydrogens is 459 g/mol. The number of rotatable bonds is 11. The van der Waals surface area contributed by atoms with Crippen LogP contribution < -0.4 is 10.8 Å². The van der Waals surface area contributed by atoms with E-state index >= 15 is 0 Å². The summed E-state index contributed by atoms with van der Waals surface area (Å²) in [7, 11) is -3.73. The molecule has 0 bridgehead atoms. The van der Waals surface area contributed by atoms with Crippen LogP contribution in [0.15, 0.2) is 95.4 Å². The Morgan fingerprint density at radius 1 is 0.800 bits per heavy atom. The second-order valence-electron chi connectivity index (χ2n) is 8.07. The maximum atomic E-state index is 13.9. The predicted octanol–water partition coefficient (Wildman–Crippen LogP) is 6.92. The Bertz CT molecular complexity index is 1200. The van der Waals surface area contributed by atoms with E-state index in [1.165, 1.54) is 0 Å². The van der Waals surface area contributed by atoms with Crippen molar-refractivity contribution in [1.29, 1.82) is 0 Å². The first-order valence-corrected chi connectivity index (χ1v) is 13.4. The SMILES string of the molecule is CCOP(=O)(OCC)c1nc(C(c2ccccc2)c2ccccc2)oc1NC(C)c1ccccc1. The van der Waals surface area contributed by atoms with Crippen LogP contribution in [0.3, 0.4) is 0 Å². The highest BCUT2D eigenvalue weighted by molar-refractivity contribution is 7.62. The molecule has 0 saturated carbocycles. The number of nitrogens with one attached hydrogen (secondary N) is 1. The average molecular weight is 491 g/mol. The quantitative estimate of drug-likeness (QED) is 0.230. The molecule has 1 N–H and O–H groups in total. The summed E-state index contributed by atoms with van der Waals surface area (Å²) in [5, 5.41) is 3.37. The van der Waals surface area contributed by atoms with Crippen molar-refractivity contribution in [3.8, 4) is 0 Å². The fourth-order valence-corrected chi connectivity index (χ4v) is 5.60. The summed E-state index contributed by atoms with van der Waals surface area (Å²) in [6.07, 6.45) is 0. The molecule has 1 heterocycles. The molecule has 4 rings (SSSR count). The zero-order valence-corrected chi connectivity index (χ0v) is 21.2. The number of hydrogen-bond acceptors (Lipinski definition) is 6. The molecule has 35 heavy (non-hydrogen) atoms. The van der Waals surface area contributed by atoms with Gasteiger partial charge in [0.2, 0.25) is 17.2 Å². The first kappa shape index (κ1) is 24.9. The third kappa shape index (κ3) is 5.73. The van der Waals surface area contributed by atoms with Gasteiger partial charge in [0.25, 0.3) is 0 Å². The van der Waals surface area contributed by atoms with E-state index in [0.29, 0.717) is 11.8 Å². The lowest BCUT2D eigenvalue weighted by Gasteiger charge is -2.18. The van der Waals surface area contributed by atoms with Gasteiger partial charge in [-0.1, -0.05) is 91.0 Å². The molecule has 0 radical (unpaired) electrons. The van der Waals surface area contributed by atoms with Gasteiger partial charge in [0.15, 0.2) is 0 Å². The Morgan fingerprint density at radius 2 is 1.26 bits per heavy atom. The molecule has 0 aliphatic carbocycles. The molecule has 0 amide bonds. The lowest BCUT2D eigenvalue weighted by Crippen LogP contribution is -2.18. The number of aromatic nitrogens is 1. The molecular formula is C28H31N2O4P. The van der Waals surface area contributed by atoms with Crippen LogP contribution in [0.5, 0.6) is 0 Å². The van der Waals surface area contributed by atoms with Crippen molar-refractivity contribution in [3.05, 3.63) is 114 Å². The van der Waals surface area contributed by atoms with E-state index in [1.54, 1.807) is 13.8 Å². The van der Waals surface area contributed by atoms with Gasteiger partial charge in [0.05, 0.1) is 25.2 Å². The molecule has 0 aliphatic rings. The minimum Gasteiger partial charge on any atom is -0.423 e. The molecule has 1 atom stereocenters.